The van der Waals surface area contributed by atoms with Crippen molar-refractivity contribution in [3.63, 3.8) is 0 Å². The summed E-state index contributed by atoms with van der Waals surface area (Å²) in [6.07, 6.45) is 2.69. The number of allylic oxidation sites excluding steroid dienone is 3. The summed E-state index contributed by atoms with van der Waals surface area (Å²) in [5.74, 6) is -0.578. The van der Waals surface area contributed by atoms with E-state index in [1.807, 2.05) is 24.3 Å². The number of hydrogen-bond acceptors (Lipinski definition) is 9. The number of nitriles is 1. The Morgan fingerprint density at radius 2 is 2.06 bits per heavy atom. The zero-order valence-electron chi connectivity index (χ0n) is 17.5. The van der Waals surface area contributed by atoms with Gasteiger partial charge in [-0.2, -0.15) is 5.26 Å². The molecule has 4 N–H and O–H groups in total. The smallest absolute Gasteiger partial charge is 0.227 e. The molecule has 1 amide bonds. The molecule has 0 saturated carbocycles. The van der Waals surface area contributed by atoms with E-state index in [4.69, 9.17) is 11.5 Å². The van der Waals surface area contributed by atoms with Crippen LogP contribution in [0.1, 0.15) is 43.2 Å². The minimum atomic E-state index is -0.499. The zero-order valence-corrected chi connectivity index (χ0v) is 19.1. The van der Waals surface area contributed by atoms with E-state index in [1.165, 1.54) is 28.7 Å². The summed E-state index contributed by atoms with van der Waals surface area (Å²) in [6, 6.07) is 10.2. The standard InChI is InChI=1S/C22H22N6O2S2/c1-2-12-6-8-13(9-7-12)18-14(10-23)20(25)28(15-4-3-5-16(29)19(15)18)21-26-27-22(32-21)31-11-17(24)30/h6-9,18H,2-5,11,25H2,1H3,(H2,24,30). The molecule has 1 aromatic heterocycles. The Morgan fingerprint density at radius 1 is 1.31 bits per heavy atom. The predicted octanol–water partition coefficient (Wildman–Crippen LogP) is 2.98. The number of carbonyl (C=O) groups excluding carboxylic acids is 2. The largest absolute Gasteiger partial charge is 0.384 e. The van der Waals surface area contributed by atoms with Crippen molar-refractivity contribution >= 4 is 39.9 Å². The Hall–Kier alpha value is -3.16. The first kappa shape index (κ1) is 22.0. The third-order valence-corrected chi connectivity index (χ3v) is 7.62. The van der Waals surface area contributed by atoms with Crippen molar-refractivity contribution in [2.75, 3.05) is 10.7 Å². The number of aryl methyl sites for hydroxylation is 1. The molecular formula is C22H22N6O2S2. The van der Waals surface area contributed by atoms with Gasteiger partial charge in [0.1, 0.15) is 5.82 Å². The lowest BCUT2D eigenvalue weighted by Gasteiger charge is -2.38. The average molecular weight is 467 g/mol. The zero-order chi connectivity index (χ0) is 22.8. The predicted molar refractivity (Wildman–Crippen MR) is 124 cm³/mol. The highest BCUT2D eigenvalue weighted by molar-refractivity contribution is 8.01. The van der Waals surface area contributed by atoms with Crippen LogP contribution < -0.4 is 16.4 Å². The van der Waals surface area contributed by atoms with Crippen LogP contribution in [0.25, 0.3) is 0 Å². The van der Waals surface area contributed by atoms with Crippen LogP contribution in [0.5, 0.6) is 0 Å². The number of amides is 1. The van der Waals surface area contributed by atoms with Gasteiger partial charge in [-0.25, -0.2) is 0 Å². The van der Waals surface area contributed by atoms with Crippen LogP contribution >= 0.6 is 23.1 Å². The molecule has 1 aromatic carbocycles. The molecule has 2 heterocycles. The Balaban J connectivity index is 1.82. The van der Waals surface area contributed by atoms with Crippen molar-refractivity contribution in [2.45, 2.75) is 42.9 Å². The minimum Gasteiger partial charge on any atom is -0.384 e. The molecule has 10 heteroatoms. The van der Waals surface area contributed by atoms with Gasteiger partial charge in [-0.3, -0.25) is 14.5 Å². The second-order valence-electron chi connectivity index (χ2n) is 7.52. The number of benzene rings is 1. The third kappa shape index (κ3) is 4.01. The number of nitrogens with two attached hydrogens (primary N) is 2. The van der Waals surface area contributed by atoms with Crippen LogP contribution in [-0.2, 0) is 16.0 Å². The molecule has 0 saturated heterocycles. The van der Waals surface area contributed by atoms with Crippen LogP contribution in [0.4, 0.5) is 5.13 Å². The molecule has 4 rings (SSSR count). The van der Waals surface area contributed by atoms with E-state index >= 15 is 0 Å². The van der Waals surface area contributed by atoms with Gasteiger partial charge in [0.05, 0.1) is 23.3 Å². The highest BCUT2D eigenvalue weighted by Gasteiger charge is 2.41. The number of carbonyl (C=O) groups is 2. The number of anilines is 1. The van der Waals surface area contributed by atoms with E-state index in [-0.39, 0.29) is 17.4 Å². The Labute approximate surface area is 194 Å². The number of aromatic nitrogens is 2. The maximum Gasteiger partial charge on any atom is 0.227 e. The number of hydrogen-bond donors (Lipinski definition) is 2. The van der Waals surface area contributed by atoms with Crippen LogP contribution in [0, 0.1) is 11.3 Å². The summed E-state index contributed by atoms with van der Waals surface area (Å²) in [6.45, 7) is 2.08. The number of rotatable bonds is 6. The van der Waals surface area contributed by atoms with Crippen LogP contribution in [0.2, 0.25) is 0 Å². The molecule has 1 aliphatic carbocycles. The molecule has 0 spiro atoms. The summed E-state index contributed by atoms with van der Waals surface area (Å²) in [4.78, 5) is 25.9. The molecule has 2 aliphatic rings. The van der Waals surface area contributed by atoms with E-state index in [2.05, 4.69) is 23.2 Å². The summed E-state index contributed by atoms with van der Waals surface area (Å²) in [7, 11) is 0. The van der Waals surface area contributed by atoms with E-state index in [1.54, 1.807) is 4.90 Å². The normalized spacial score (nSPS) is 18.6. The van der Waals surface area contributed by atoms with Gasteiger partial charge in [0.25, 0.3) is 0 Å². The van der Waals surface area contributed by atoms with Crippen molar-refractivity contribution < 1.29 is 9.59 Å². The fourth-order valence-electron chi connectivity index (χ4n) is 4.07. The lowest BCUT2D eigenvalue weighted by molar-refractivity contribution is -0.116. The molecule has 164 valence electrons. The molecule has 2 aromatic rings. The number of nitrogens with zero attached hydrogens (tertiary/aromatic N) is 4. The first-order chi connectivity index (χ1) is 15.4. The lowest BCUT2D eigenvalue weighted by atomic mass is 9.75. The third-order valence-electron chi connectivity index (χ3n) is 5.56. The molecule has 1 aliphatic heterocycles. The molecule has 0 radical (unpaired) electrons. The summed E-state index contributed by atoms with van der Waals surface area (Å²) in [5, 5.41) is 18.9. The molecule has 32 heavy (non-hydrogen) atoms. The van der Waals surface area contributed by atoms with Crippen LogP contribution in [-0.4, -0.2) is 27.6 Å². The molecule has 1 unspecified atom stereocenters. The highest BCUT2D eigenvalue weighted by atomic mass is 32.2. The number of primary amides is 1. The molecule has 0 bridgehead atoms. The van der Waals surface area contributed by atoms with Gasteiger partial charge in [0, 0.05) is 17.7 Å². The van der Waals surface area contributed by atoms with Crippen molar-refractivity contribution in [3.05, 3.63) is 58.1 Å². The summed E-state index contributed by atoms with van der Waals surface area (Å²) in [5.41, 5.74) is 15.5. The summed E-state index contributed by atoms with van der Waals surface area (Å²) >= 11 is 2.44. The first-order valence-corrected chi connectivity index (χ1v) is 12.0. The second kappa shape index (κ2) is 9.14. The van der Waals surface area contributed by atoms with E-state index in [9.17, 15) is 14.9 Å². The Morgan fingerprint density at radius 3 is 2.72 bits per heavy atom. The Bertz CT molecular complexity index is 1180. The molecule has 1 atom stereocenters. The van der Waals surface area contributed by atoms with E-state index in [0.717, 1.165) is 17.7 Å². The van der Waals surface area contributed by atoms with Gasteiger partial charge < -0.3 is 11.5 Å². The van der Waals surface area contributed by atoms with Crippen LogP contribution in [0.15, 0.2) is 51.3 Å². The van der Waals surface area contributed by atoms with Crippen LogP contribution in [0.3, 0.4) is 0 Å². The van der Waals surface area contributed by atoms with Crippen molar-refractivity contribution in [1.82, 2.24) is 10.2 Å². The quantitative estimate of drug-likeness (QED) is 0.619. The highest BCUT2D eigenvalue weighted by Crippen LogP contribution is 2.47. The van der Waals surface area contributed by atoms with Crippen molar-refractivity contribution in [3.8, 4) is 6.07 Å². The molecule has 0 fully saturated rings. The fourth-order valence-corrected chi connectivity index (χ4v) is 5.69. The van der Waals surface area contributed by atoms with Gasteiger partial charge >= 0.3 is 0 Å². The van der Waals surface area contributed by atoms with E-state index in [0.29, 0.717) is 39.9 Å². The van der Waals surface area contributed by atoms with Gasteiger partial charge in [0.2, 0.25) is 11.0 Å². The van der Waals surface area contributed by atoms with Gasteiger partial charge in [0.15, 0.2) is 10.1 Å². The number of thioether (sulfide) groups is 1. The maximum atomic E-state index is 13.1. The lowest BCUT2D eigenvalue weighted by Crippen LogP contribution is -2.38. The first-order valence-electron chi connectivity index (χ1n) is 10.2. The Kier molecular flexibility index (Phi) is 6.30. The van der Waals surface area contributed by atoms with Gasteiger partial charge in [-0.1, -0.05) is 54.3 Å². The van der Waals surface area contributed by atoms with Gasteiger partial charge in [-0.15, -0.1) is 10.2 Å². The minimum absolute atomic E-state index is 0.0221. The second-order valence-corrected chi connectivity index (χ2v) is 9.70. The topological polar surface area (TPSA) is 139 Å². The SMILES string of the molecule is CCc1ccc(C2C(C#N)=C(N)N(c3nnc(SCC(N)=O)s3)C3=C2C(=O)CCC3)cc1. The number of ketones is 1. The maximum absolute atomic E-state index is 13.1. The monoisotopic (exact) mass is 466 g/mol. The molecular weight excluding hydrogens is 444 g/mol. The van der Waals surface area contributed by atoms with Crippen molar-refractivity contribution in [1.29, 1.82) is 5.26 Å². The fraction of sp³-hybridized carbons (Fsp3) is 0.318. The van der Waals surface area contributed by atoms with Gasteiger partial charge in [-0.05, 0) is 30.4 Å². The summed E-state index contributed by atoms with van der Waals surface area (Å²) < 4.78 is 0.562. The molecule has 8 nitrogen and oxygen atoms in total. The van der Waals surface area contributed by atoms with Crippen molar-refractivity contribution in [2.24, 2.45) is 11.5 Å². The average Bonchev–Trinajstić information content (AvgIpc) is 3.25. The van der Waals surface area contributed by atoms with E-state index < -0.39 is 11.8 Å². The number of Topliss-reactive ketones (excluding diaryl/α,β-unsaturated/α-hetero) is 1.